The minimum absolute atomic E-state index is 0.0796. The minimum Gasteiger partial charge on any atom is -0.350 e. The zero-order chi connectivity index (χ0) is 16.8. The minimum atomic E-state index is -0.179. The summed E-state index contributed by atoms with van der Waals surface area (Å²) in [6.45, 7) is 5.86. The lowest BCUT2D eigenvalue weighted by Crippen LogP contribution is -2.30. The topological polar surface area (TPSA) is 58.2 Å². The van der Waals surface area contributed by atoms with E-state index < -0.39 is 0 Å². The number of benzene rings is 2. The fourth-order valence-corrected chi connectivity index (χ4v) is 2.26. The van der Waals surface area contributed by atoms with Gasteiger partial charge in [0.2, 0.25) is 0 Å². The highest BCUT2D eigenvalue weighted by Gasteiger charge is 2.11. The third kappa shape index (κ3) is 4.42. The Bertz CT molecular complexity index is 691. The maximum Gasteiger partial charge on any atom is 0.255 e. The molecule has 0 aromatic heterocycles. The fourth-order valence-electron chi connectivity index (χ4n) is 2.26. The predicted octanol–water partition coefficient (Wildman–Crippen LogP) is 3.64. The number of hydrogen-bond donors (Lipinski definition) is 2. The Hall–Kier alpha value is -2.62. The van der Waals surface area contributed by atoms with E-state index in [2.05, 4.69) is 10.6 Å². The van der Waals surface area contributed by atoms with Crippen LogP contribution in [0.4, 0.5) is 5.69 Å². The molecule has 4 nitrogen and oxygen atoms in total. The molecule has 0 bridgehead atoms. The van der Waals surface area contributed by atoms with Gasteiger partial charge in [-0.3, -0.25) is 9.59 Å². The number of anilines is 1. The number of hydrogen-bond acceptors (Lipinski definition) is 2. The van der Waals surface area contributed by atoms with Crippen molar-refractivity contribution >= 4 is 17.5 Å². The van der Waals surface area contributed by atoms with Crippen LogP contribution in [-0.2, 0) is 6.42 Å². The van der Waals surface area contributed by atoms with E-state index in [-0.39, 0.29) is 17.9 Å². The summed E-state index contributed by atoms with van der Waals surface area (Å²) < 4.78 is 0. The molecule has 2 amide bonds. The second-order valence-corrected chi connectivity index (χ2v) is 5.67. The first-order valence-corrected chi connectivity index (χ1v) is 7.81. The Balaban J connectivity index is 2.10. The van der Waals surface area contributed by atoms with Crippen molar-refractivity contribution in [2.45, 2.75) is 33.2 Å². The molecule has 0 fully saturated rings. The zero-order valence-corrected chi connectivity index (χ0v) is 13.7. The molecular formula is C19H22N2O2. The molecule has 0 unspecified atom stereocenters. The zero-order valence-electron chi connectivity index (χ0n) is 13.7. The van der Waals surface area contributed by atoms with Crippen LogP contribution in [0.2, 0.25) is 0 Å². The summed E-state index contributed by atoms with van der Waals surface area (Å²) in [7, 11) is 0. The molecule has 0 aliphatic rings. The summed E-state index contributed by atoms with van der Waals surface area (Å²) in [5.41, 5.74) is 2.98. The van der Waals surface area contributed by atoms with Crippen LogP contribution < -0.4 is 10.6 Å². The van der Waals surface area contributed by atoms with Crippen molar-refractivity contribution < 1.29 is 9.59 Å². The van der Waals surface area contributed by atoms with Gasteiger partial charge in [0, 0.05) is 22.9 Å². The molecular weight excluding hydrogens is 288 g/mol. The molecule has 0 radical (unpaired) electrons. The predicted molar refractivity (Wildman–Crippen MR) is 92.8 cm³/mol. The molecule has 2 N–H and O–H groups in total. The van der Waals surface area contributed by atoms with Crippen LogP contribution in [0.1, 0.15) is 47.1 Å². The van der Waals surface area contributed by atoms with E-state index in [0.717, 1.165) is 17.7 Å². The van der Waals surface area contributed by atoms with E-state index in [9.17, 15) is 9.59 Å². The Labute approximate surface area is 136 Å². The third-order valence-electron chi connectivity index (χ3n) is 3.48. The molecule has 0 saturated heterocycles. The highest BCUT2D eigenvalue weighted by Crippen LogP contribution is 2.17. The smallest absolute Gasteiger partial charge is 0.255 e. The molecule has 0 aliphatic carbocycles. The van der Waals surface area contributed by atoms with Gasteiger partial charge in [-0.2, -0.15) is 0 Å². The lowest BCUT2D eigenvalue weighted by Gasteiger charge is -2.11. The van der Waals surface area contributed by atoms with Gasteiger partial charge in [0.05, 0.1) is 0 Å². The fraction of sp³-hybridized carbons (Fsp3) is 0.263. The van der Waals surface area contributed by atoms with Crippen molar-refractivity contribution in [2.24, 2.45) is 0 Å². The summed E-state index contributed by atoms with van der Waals surface area (Å²) in [5.74, 6) is -0.315. The molecule has 2 aromatic rings. The molecule has 2 aromatic carbocycles. The van der Waals surface area contributed by atoms with Crippen molar-refractivity contribution in [2.75, 3.05) is 5.32 Å². The molecule has 120 valence electrons. The Morgan fingerprint density at radius 3 is 2.04 bits per heavy atom. The van der Waals surface area contributed by atoms with Crippen LogP contribution in [-0.4, -0.2) is 17.9 Å². The molecule has 0 spiro atoms. The second kappa shape index (κ2) is 7.58. The van der Waals surface area contributed by atoms with Gasteiger partial charge in [-0.25, -0.2) is 0 Å². The maximum atomic E-state index is 12.3. The molecule has 0 atom stereocenters. The number of carbonyl (C=O) groups excluding carboxylic acids is 2. The summed E-state index contributed by atoms with van der Waals surface area (Å²) >= 11 is 0. The molecule has 4 heteroatoms. The van der Waals surface area contributed by atoms with Crippen molar-refractivity contribution in [3.63, 3.8) is 0 Å². The van der Waals surface area contributed by atoms with Gasteiger partial charge in [0.1, 0.15) is 0 Å². The first kappa shape index (κ1) is 16.7. The van der Waals surface area contributed by atoms with Crippen LogP contribution >= 0.6 is 0 Å². The third-order valence-corrected chi connectivity index (χ3v) is 3.48. The SMILES string of the molecule is CCc1ccccc1NC(=O)c1ccc(C(=O)NC(C)C)cc1. The Kier molecular flexibility index (Phi) is 5.52. The van der Waals surface area contributed by atoms with E-state index in [1.165, 1.54) is 0 Å². The molecule has 0 aliphatic heterocycles. The van der Waals surface area contributed by atoms with Gasteiger partial charge < -0.3 is 10.6 Å². The average molecular weight is 310 g/mol. The largest absolute Gasteiger partial charge is 0.350 e. The Morgan fingerprint density at radius 1 is 0.913 bits per heavy atom. The van der Waals surface area contributed by atoms with Crippen LogP contribution in [0.3, 0.4) is 0 Å². The van der Waals surface area contributed by atoms with Crippen molar-refractivity contribution in [3.05, 3.63) is 65.2 Å². The molecule has 0 heterocycles. The maximum absolute atomic E-state index is 12.3. The molecule has 2 rings (SSSR count). The number of aryl methyl sites for hydroxylation is 1. The molecule has 0 saturated carbocycles. The van der Waals surface area contributed by atoms with E-state index >= 15 is 0 Å². The van der Waals surface area contributed by atoms with E-state index in [0.29, 0.717) is 11.1 Å². The van der Waals surface area contributed by atoms with Crippen LogP contribution in [0.5, 0.6) is 0 Å². The van der Waals surface area contributed by atoms with Crippen LogP contribution in [0.25, 0.3) is 0 Å². The van der Waals surface area contributed by atoms with Gasteiger partial charge in [-0.05, 0) is 56.2 Å². The van der Waals surface area contributed by atoms with Gasteiger partial charge in [-0.15, -0.1) is 0 Å². The van der Waals surface area contributed by atoms with Crippen molar-refractivity contribution in [1.29, 1.82) is 0 Å². The Morgan fingerprint density at radius 2 is 1.48 bits per heavy atom. The van der Waals surface area contributed by atoms with Crippen LogP contribution in [0, 0.1) is 0 Å². The summed E-state index contributed by atoms with van der Waals surface area (Å²) in [6.07, 6.45) is 0.852. The summed E-state index contributed by atoms with van der Waals surface area (Å²) in [5, 5.41) is 5.74. The van der Waals surface area contributed by atoms with Gasteiger partial charge in [0.15, 0.2) is 0 Å². The first-order chi connectivity index (χ1) is 11.0. The number of amides is 2. The highest BCUT2D eigenvalue weighted by molar-refractivity contribution is 6.05. The standard InChI is InChI=1S/C19H22N2O2/c1-4-14-7-5-6-8-17(14)21-19(23)16-11-9-15(10-12-16)18(22)20-13(2)3/h5-13H,4H2,1-3H3,(H,20,22)(H,21,23). The highest BCUT2D eigenvalue weighted by atomic mass is 16.2. The molecule has 23 heavy (non-hydrogen) atoms. The number of para-hydroxylation sites is 1. The summed E-state index contributed by atoms with van der Waals surface area (Å²) in [4.78, 5) is 24.2. The normalized spacial score (nSPS) is 10.4. The quantitative estimate of drug-likeness (QED) is 0.886. The average Bonchev–Trinajstić information content (AvgIpc) is 2.55. The number of rotatable bonds is 5. The number of carbonyl (C=O) groups is 2. The van der Waals surface area contributed by atoms with E-state index in [4.69, 9.17) is 0 Å². The summed E-state index contributed by atoms with van der Waals surface area (Å²) in [6, 6.07) is 14.5. The van der Waals surface area contributed by atoms with Crippen LogP contribution in [0.15, 0.2) is 48.5 Å². The second-order valence-electron chi connectivity index (χ2n) is 5.67. The van der Waals surface area contributed by atoms with E-state index in [1.54, 1.807) is 24.3 Å². The monoisotopic (exact) mass is 310 g/mol. The number of nitrogens with one attached hydrogen (secondary N) is 2. The van der Waals surface area contributed by atoms with Gasteiger partial charge in [-0.1, -0.05) is 25.1 Å². The first-order valence-electron chi connectivity index (χ1n) is 7.81. The van der Waals surface area contributed by atoms with Gasteiger partial charge in [0.25, 0.3) is 11.8 Å². The lowest BCUT2D eigenvalue weighted by molar-refractivity contribution is 0.0941. The lowest BCUT2D eigenvalue weighted by atomic mass is 10.1. The van der Waals surface area contributed by atoms with E-state index in [1.807, 2.05) is 45.0 Å². The van der Waals surface area contributed by atoms with Crippen molar-refractivity contribution in [3.8, 4) is 0 Å². The van der Waals surface area contributed by atoms with Gasteiger partial charge >= 0.3 is 0 Å². The van der Waals surface area contributed by atoms with Crippen molar-refractivity contribution in [1.82, 2.24) is 5.32 Å².